The van der Waals surface area contributed by atoms with Gasteiger partial charge in [-0.1, -0.05) is 32.5 Å². The molecule has 2 heterocycles. The summed E-state index contributed by atoms with van der Waals surface area (Å²) in [5.41, 5.74) is 0. The normalized spacial score (nSPS) is 20.1. The molecule has 8 nitrogen and oxygen atoms in total. The van der Waals surface area contributed by atoms with E-state index in [-0.39, 0.29) is 18.5 Å². The molecule has 1 fully saturated rings. The van der Waals surface area contributed by atoms with Gasteiger partial charge >= 0.3 is 12.0 Å². The fraction of sp³-hybridized carbons (Fsp3) is 0.778. The number of nitrogens with zero attached hydrogens (tertiary/aromatic N) is 4. The standard InChI is InChI=1S/C18H31N5O3S/c1-12(2)9-23-15(20-21-18(23)27-4)6-5-7-19-17(26)22-10-13(3)8-14(11-22)16(24)25/h12-14H,5-11H2,1-4H3,(H,19,26)(H,24,25). The first-order valence-electron chi connectivity index (χ1n) is 9.53. The Bertz CT molecular complexity index is 649. The van der Waals surface area contributed by atoms with Gasteiger partial charge in [0.1, 0.15) is 5.82 Å². The van der Waals surface area contributed by atoms with Crippen molar-refractivity contribution in [3.63, 3.8) is 0 Å². The number of nitrogens with one attached hydrogen (secondary N) is 1. The molecule has 0 radical (unpaired) electrons. The van der Waals surface area contributed by atoms with Gasteiger partial charge in [-0.15, -0.1) is 10.2 Å². The number of piperidine rings is 1. The highest BCUT2D eigenvalue weighted by Crippen LogP contribution is 2.22. The summed E-state index contributed by atoms with van der Waals surface area (Å²) in [6.45, 7) is 8.62. The van der Waals surface area contributed by atoms with Crippen LogP contribution in [-0.4, -0.2) is 62.7 Å². The number of hydrogen-bond acceptors (Lipinski definition) is 5. The lowest BCUT2D eigenvalue weighted by Crippen LogP contribution is -2.49. The summed E-state index contributed by atoms with van der Waals surface area (Å²) in [5, 5.41) is 21.6. The van der Waals surface area contributed by atoms with E-state index < -0.39 is 11.9 Å². The van der Waals surface area contributed by atoms with Crippen LogP contribution in [0.5, 0.6) is 0 Å². The highest BCUT2D eigenvalue weighted by atomic mass is 32.2. The Hall–Kier alpha value is -1.77. The van der Waals surface area contributed by atoms with Crippen LogP contribution in [0.1, 0.15) is 39.4 Å². The van der Waals surface area contributed by atoms with E-state index in [0.29, 0.717) is 25.4 Å². The van der Waals surface area contributed by atoms with Gasteiger partial charge in [-0.2, -0.15) is 0 Å². The molecule has 27 heavy (non-hydrogen) atoms. The molecule has 1 aliphatic heterocycles. The number of amides is 2. The van der Waals surface area contributed by atoms with Crippen LogP contribution >= 0.6 is 11.8 Å². The number of hydrogen-bond donors (Lipinski definition) is 2. The van der Waals surface area contributed by atoms with Crippen molar-refractivity contribution >= 4 is 23.8 Å². The Labute approximate surface area is 165 Å². The van der Waals surface area contributed by atoms with Crippen LogP contribution in [0.3, 0.4) is 0 Å². The molecule has 1 saturated heterocycles. The van der Waals surface area contributed by atoms with E-state index in [2.05, 4.69) is 33.9 Å². The van der Waals surface area contributed by atoms with Crippen LogP contribution in [0, 0.1) is 17.8 Å². The average molecular weight is 398 g/mol. The zero-order valence-corrected chi connectivity index (χ0v) is 17.5. The van der Waals surface area contributed by atoms with Gasteiger partial charge < -0.3 is 19.9 Å². The third kappa shape index (κ3) is 6.12. The minimum atomic E-state index is -0.826. The van der Waals surface area contributed by atoms with E-state index >= 15 is 0 Å². The van der Waals surface area contributed by atoms with Gasteiger partial charge in [0.2, 0.25) is 0 Å². The maximum absolute atomic E-state index is 12.4. The average Bonchev–Trinajstić information content (AvgIpc) is 2.99. The van der Waals surface area contributed by atoms with Crippen LogP contribution in [0.15, 0.2) is 5.16 Å². The topological polar surface area (TPSA) is 100 Å². The number of carbonyl (C=O) groups is 2. The summed E-state index contributed by atoms with van der Waals surface area (Å²) in [5.74, 6) is 0.353. The molecule has 0 saturated carbocycles. The van der Waals surface area contributed by atoms with Gasteiger partial charge in [0.15, 0.2) is 5.16 Å². The third-order valence-electron chi connectivity index (χ3n) is 4.67. The summed E-state index contributed by atoms with van der Waals surface area (Å²) in [7, 11) is 0. The van der Waals surface area contributed by atoms with E-state index in [1.165, 1.54) is 0 Å². The first-order valence-corrected chi connectivity index (χ1v) is 10.8. The van der Waals surface area contributed by atoms with Crippen molar-refractivity contribution in [2.45, 2.75) is 51.7 Å². The predicted octanol–water partition coefficient (Wildman–Crippen LogP) is 2.34. The molecule has 2 atom stereocenters. The summed E-state index contributed by atoms with van der Waals surface area (Å²) >= 11 is 1.59. The van der Waals surface area contributed by atoms with Crippen LogP contribution in [0.25, 0.3) is 0 Å². The molecular formula is C18H31N5O3S. The van der Waals surface area contributed by atoms with Crippen LogP contribution < -0.4 is 5.32 Å². The number of thioether (sulfide) groups is 1. The first-order chi connectivity index (χ1) is 12.8. The lowest BCUT2D eigenvalue weighted by Gasteiger charge is -2.34. The van der Waals surface area contributed by atoms with Crippen molar-refractivity contribution in [2.24, 2.45) is 17.8 Å². The van der Waals surface area contributed by atoms with Gasteiger partial charge in [0.25, 0.3) is 0 Å². The summed E-state index contributed by atoms with van der Waals surface area (Å²) in [6, 6.07) is -0.179. The van der Waals surface area contributed by atoms with Gasteiger partial charge in [0, 0.05) is 32.6 Å². The van der Waals surface area contributed by atoms with E-state index in [9.17, 15) is 14.7 Å². The van der Waals surface area contributed by atoms with Gasteiger partial charge in [-0.05, 0) is 30.9 Å². The van der Waals surface area contributed by atoms with Crippen molar-refractivity contribution in [3.05, 3.63) is 5.82 Å². The number of aryl methyl sites for hydroxylation is 1. The molecule has 0 spiro atoms. The lowest BCUT2D eigenvalue weighted by atomic mass is 9.91. The Morgan fingerprint density at radius 3 is 2.70 bits per heavy atom. The van der Waals surface area contributed by atoms with Crippen molar-refractivity contribution in [1.82, 2.24) is 25.0 Å². The van der Waals surface area contributed by atoms with Crippen molar-refractivity contribution in [1.29, 1.82) is 0 Å². The second-order valence-electron chi connectivity index (χ2n) is 7.72. The second kappa shape index (κ2) is 9.96. The molecule has 152 valence electrons. The number of carboxylic acids is 1. The maximum atomic E-state index is 12.4. The van der Waals surface area contributed by atoms with E-state index in [0.717, 1.165) is 30.4 Å². The molecule has 2 rings (SSSR count). The van der Waals surface area contributed by atoms with Crippen molar-refractivity contribution < 1.29 is 14.7 Å². The molecule has 9 heteroatoms. The number of carbonyl (C=O) groups excluding carboxylic acids is 1. The number of aromatic nitrogens is 3. The molecule has 0 aliphatic carbocycles. The SMILES string of the molecule is CSc1nnc(CCCNC(=O)N2CC(C)CC(C(=O)O)C2)n1CC(C)C. The zero-order chi connectivity index (χ0) is 20.0. The Morgan fingerprint density at radius 1 is 1.33 bits per heavy atom. The second-order valence-corrected chi connectivity index (χ2v) is 8.50. The molecule has 0 bridgehead atoms. The third-order valence-corrected chi connectivity index (χ3v) is 5.34. The largest absolute Gasteiger partial charge is 0.481 e. The van der Waals surface area contributed by atoms with E-state index in [1.807, 2.05) is 13.2 Å². The van der Waals surface area contributed by atoms with Crippen LogP contribution in [0.4, 0.5) is 4.79 Å². The summed E-state index contributed by atoms with van der Waals surface area (Å²) in [4.78, 5) is 25.2. The number of aliphatic carboxylic acids is 1. The molecule has 0 aromatic carbocycles. The Balaban J connectivity index is 1.82. The molecular weight excluding hydrogens is 366 g/mol. The predicted molar refractivity (Wildman–Crippen MR) is 105 cm³/mol. The quantitative estimate of drug-likeness (QED) is 0.516. The Kier molecular flexibility index (Phi) is 7.94. The molecule has 1 aliphatic rings. The van der Waals surface area contributed by atoms with Gasteiger partial charge in [-0.3, -0.25) is 4.79 Å². The Morgan fingerprint density at radius 2 is 2.07 bits per heavy atom. The fourth-order valence-electron chi connectivity index (χ4n) is 3.45. The van der Waals surface area contributed by atoms with Crippen molar-refractivity contribution in [2.75, 3.05) is 25.9 Å². The fourth-order valence-corrected chi connectivity index (χ4v) is 3.98. The molecule has 2 N–H and O–H groups in total. The first kappa shape index (κ1) is 21.5. The molecule has 1 aromatic heterocycles. The van der Waals surface area contributed by atoms with Gasteiger partial charge in [-0.25, -0.2) is 4.79 Å². The highest BCUT2D eigenvalue weighted by Gasteiger charge is 2.31. The van der Waals surface area contributed by atoms with Crippen molar-refractivity contribution in [3.8, 4) is 0 Å². The summed E-state index contributed by atoms with van der Waals surface area (Å²) < 4.78 is 2.15. The number of urea groups is 1. The monoisotopic (exact) mass is 397 g/mol. The number of carboxylic acid groups (broad SMARTS) is 1. The minimum Gasteiger partial charge on any atom is -0.481 e. The lowest BCUT2D eigenvalue weighted by molar-refractivity contribution is -0.143. The molecule has 1 aromatic rings. The van der Waals surface area contributed by atoms with E-state index in [4.69, 9.17) is 0 Å². The van der Waals surface area contributed by atoms with E-state index in [1.54, 1.807) is 16.7 Å². The van der Waals surface area contributed by atoms with Crippen LogP contribution in [-0.2, 0) is 17.8 Å². The molecule has 2 unspecified atom stereocenters. The zero-order valence-electron chi connectivity index (χ0n) is 16.6. The number of likely N-dealkylation sites (tertiary alicyclic amines) is 1. The smallest absolute Gasteiger partial charge is 0.317 e. The van der Waals surface area contributed by atoms with Gasteiger partial charge in [0.05, 0.1) is 5.92 Å². The summed E-state index contributed by atoms with van der Waals surface area (Å²) in [6.07, 6.45) is 4.13. The minimum absolute atomic E-state index is 0.179. The van der Waals surface area contributed by atoms with Crippen LogP contribution in [0.2, 0.25) is 0 Å². The molecule has 2 amide bonds. The highest BCUT2D eigenvalue weighted by molar-refractivity contribution is 7.98. The maximum Gasteiger partial charge on any atom is 0.317 e. The number of rotatable bonds is 8.